The van der Waals surface area contributed by atoms with E-state index in [2.05, 4.69) is 5.32 Å². The molecule has 0 spiro atoms. The zero-order valence-electron chi connectivity index (χ0n) is 9.70. The van der Waals surface area contributed by atoms with Gasteiger partial charge in [0.25, 0.3) is 0 Å². The number of amides is 1. The summed E-state index contributed by atoms with van der Waals surface area (Å²) in [5.41, 5.74) is 5.56. The Labute approximate surface area is 115 Å². The van der Waals surface area contributed by atoms with Gasteiger partial charge in [-0.25, -0.2) is 0 Å². The summed E-state index contributed by atoms with van der Waals surface area (Å²) in [7, 11) is 0. The van der Waals surface area contributed by atoms with Crippen LogP contribution in [0.1, 0.15) is 18.7 Å². The van der Waals surface area contributed by atoms with E-state index in [9.17, 15) is 4.79 Å². The lowest BCUT2D eigenvalue weighted by Gasteiger charge is -2.18. The van der Waals surface area contributed by atoms with E-state index < -0.39 is 5.92 Å². The lowest BCUT2D eigenvalue weighted by atomic mass is 9.95. The highest BCUT2D eigenvalue weighted by Gasteiger charge is 2.24. The molecule has 0 fully saturated rings. The van der Waals surface area contributed by atoms with Crippen molar-refractivity contribution in [3.05, 3.63) is 21.3 Å². The minimum absolute atomic E-state index is 0.0967. The standard InChI is InChI=1S/C11H15ClN2OS2/c1-6(2)9(10(13)16)11(15)14-5-7-3-4-8(12)17-7/h3-4,6,9H,5H2,1-2H3,(H2,13,16)(H,14,15). The molecule has 0 aliphatic carbocycles. The summed E-state index contributed by atoms with van der Waals surface area (Å²) in [4.78, 5) is 13.1. The van der Waals surface area contributed by atoms with E-state index in [1.807, 2.05) is 19.9 Å². The molecule has 3 N–H and O–H groups in total. The van der Waals surface area contributed by atoms with E-state index in [-0.39, 0.29) is 16.8 Å². The van der Waals surface area contributed by atoms with Gasteiger partial charge in [-0.1, -0.05) is 37.7 Å². The second kappa shape index (κ2) is 6.33. The van der Waals surface area contributed by atoms with E-state index in [1.54, 1.807) is 6.07 Å². The molecule has 0 aliphatic rings. The second-order valence-electron chi connectivity index (χ2n) is 4.05. The molecule has 94 valence electrons. The van der Waals surface area contributed by atoms with E-state index in [0.29, 0.717) is 10.9 Å². The van der Waals surface area contributed by atoms with Crippen molar-refractivity contribution in [2.24, 2.45) is 17.6 Å². The van der Waals surface area contributed by atoms with Crippen LogP contribution in [-0.2, 0) is 11.3 Å². The predicted octanol–water partition coefficient (Wildman–Crippen LogP) is 2.58. The van der Waals surface area contributed by atoms with Gasteiger partial charge >= 0.3 is 0 Å². The first-order chi connectivity index (χ1) is 7.91. The summed E-state index contributed by atoms with van der Waals surface area (Å²) < 4.78 is 0.712. The van der Waals surface area contributed by atoms with Crippen molar-refractivity contribution in [1.82, 2.24) is 5.32 Å². The molecule has 0 aliphatic heterocycles. The second-order valence-corrected chi connectivity index (χ2v) is 6.32. The highest BCUT2D eigenvalue weighted by molar-refractivity contribution is 7.80. The molecular weight excluding hydrogens is 276 g/mol. The summed E-state index contributed by atoms with van der Waals surface area (Å²) >= 11 is 12.2. The fourth-order valence-electron chi connectivity index (χ4n) is 1.49. The molecule has 1 unspecified atom stereocenters. The molecule has 1 amide bonds. The molecule has 17 heavy (non-hydrogen) atoms. The Morgan fingerprint density at radius 3 is 2.65 bits per heavy atom. The average Bonchev–Trinajstić information content (AvgIpc) is 2.60. The van der Waals surface area contributed by atoms with Crippen LogP contribution in [0.4, 0.5) is 0 Å². The third-order valence-electron chi connectivity index (χ3n) is 2.32. The molecule has 0 saturated carbocycles. The van der Waals surface area contributed by atoms with Crippen LogP contribution >= 0.6 is 35.2 Å². The van der Waals surface area contributed by atoms with Crippen molar-refractivity contribution in [3.8, 4) is 0 Å². The van der Waals surface area contributed by atoms with Gasteiger partial charge in [0.2, 0.25) is 5.91 Å². The summed E-state index contributed by atoms with van der Waals surface area (Å²) in [6.45, 7) is 4.30. The fourth-order valence-corrected chi connectivity index (χ4v) is 2.90. The molecule has 1 atom stereocenters. The molecule has 1 aromatic heterocycles. The maximum absolute atomic E-state index is 11.9. The number of carbonyl (C=O) groups excluding carboxylic acids is 1. The van der Waals surface area contributed by atoms with Gasteiger partial charge in [0, 0.05) is 4.88 Å². The number of nitrogens with one attached hydrogen (secondary N) is 1. The van der Waals surface area contributed by atoms with Gasteiger partial charge in [-0.15, -0.1) is 11.3 Å². The van der Waals surface area contributed by atoms with Crippen LogP contribution in [0, 0.1) is 11.8 Å². The Balaban J connectivity index is 2.56. The number of hydrogen-bond donors (Lipinski definition) is 2. The van der Waals surface area contributed by atoms with Crippen molar-refractivity contribution < 1.29 is 4.79 Å². The van der Waals surface area contributed by atoms with Crippen LogP contribution in [-0.4, -0.2) is 10.9 Å². The number of nitrogens with two attached hydrogens (primary N) is 1. The number of halogens is 1. The minimum Gasteiger partial charge on any atom is -0.393 e. The SMILES string of the molecule is CC(C)C(C(=O)NCc1ccc(Cl)s1)C(N)=S. The first-order valence-corrected chi connectivity index (χ1v) is 6.83. The van der Waals surface area contributed by atoms with E-state index >= 15 is 0 Å². The molecule has 1 heterocycles. The van der Waals surface area contributed by atoms with Gasteiger partial charge in [-0.2, -0.15) is 0 Å². The summed E-state index contributed by atoms with van der Waals surface area (Å²) in [5, 5.41) is 2.82. The molecule has 0 radical (unpaired) electrons. The third kappa shape index (κ3) is 4.26. The van der Waals surface area contributed by atoms with Crippen LogP contribution < -0.4 is 11.1 Å². The van der Waals surface area contributed by atoms with E-state index in [0.717, 1.165) is 4.88 Å². The Hall–Kier alpha value is -0.650. The molecule has 0 saturated heterocycles. The van der Waals surface area contributed by atoms with Gasteiger partial charge in [0.15, 0.2) is 0 Å². The van der Waals surface area contributed by atoms with Gasteiger partial charge in [0.05, 0.1) is 21.8 Å². The molecule has 6 heteroatoms. The van der Waals surface area contributed by atoms with Gasteiger partial charge < -0.3 is 11.1 Å². The normalized spacial score (nSPS) is 12.5. The Kier molecular flexibility index (Phi) is 5.36. The van der Waals surface area contributed by atoms with Crippen molar-refractivity contribution in [3.63, 3.8) is 0 Å². The molecular formula is C11H15ClN2OS2. The molecule has 0 bridgehead atoms. The molecule has 1 aromatic rings. The Morgan fingerprint density at radius 1 is 1.59 bits per heavy atom. The molecule has 0 aromatic carbocycles. The quantitative estimate of drug-likeness (QED) is 0.820. The van der Waals surface area contributed by atoms with Crippen molar-refractivity contribution in [2.45, 2.75) is 20.4 Å². The van der Waals surface area contributed by atoms with Crippen molar-refractivity contribution >= 4 is 46.1 Å². The van der Waals surface area contributed by atoms with E-state index in [4.69, 9.17) is 29.6 Å². The van der Waals surface area contributed by atoms with Crippen LogP contribution in [0.3, 0.4) is 0 Å². The van der Waals surface area contributed by atoms with Crippen molar-refractivity contribution in [2.75, 3.05) is 0 Å². The Bertz CT molecular complexity index is 417. The predicted molar refractivity (Wildman–Crippen MR) is 76.3 cm³/mol. The molecule has 3 nitrogen and oxygen atoms in total. The average molecular weight is 291 g/mol. The first kappa shape index (κ1) is 14.4. The third-order valence-corrected chi connectivity index (χ3v) is 3.81. The largest absolute Gasteiger partial charge is 0.393 e. The van der Waals surface area contributed by atoms with Crippen LogP contribution in [0.5, 0.6) is 0 Å². The highest BCUT2D eigenvalue weighted by atomic mass is 35.5. The first-order valence-electron chi connectivity index (χ1n) is 5.23. The fraction of sp³-hybridized carbons (Fsp3) is 0.455. The number of thiophene rings is 1. The van der Waals surface area contributed by atoms with Gasteiger partial charge in [0.1, 0.15) is 0 Å². The minimum atomic E-state index is -0.416. The van der Waals surface area contributed by atoms with Gasteiger partial charge in [-0.3, -0.25) is 4.79 Å². The number of hydrogen-bond acceptors (Lipinski definition) is 3. The summed E-state index contributed by atoms with van der Waals surface area (Å²) in [6, 6.07) is 3.69. The molecule has 1 rings (SSSR count). The highest BCUT2D eigenvalue weighted by Crippen LogP contribution is 2.21. The van der Waals surface area contributed by atoms with Crippen LogP contribution in [0.15, 0.2) is 12.1 Å². The zero-order chi connectivity index (χ0) is 13.0. The number of thiocarbonyl (C=S) groups is 1. The number of carbonyl (C=O) groups is 1. The lowest BCUT2D eigenvalue weighted by molar-refractivity contribution is -0.124. The monoisotopic (exact) mass is 290 g/mol. The maximum Gasteiger partial charge on any atom is 0.230 e. The van der Waals surface area contributed by atoms with Crippen LogP contribution in [0.25, 0.3) is 0 Å². The zero-order valence-corrected chi connectivity index (χ0v) is 12.1. The smallest absolute Gasteiger partial charge is 0.230 e. The van der Waals surface area contributed by atoms with Crippen LogP contribution in [0.2, 0.25) is 4.34 Å². The van der Waals surface area contributed by atoms with Crippen molar-refractivity contribution in [1.29, 1.82) is 0 Å². The maximum atomic E-state index is 11.9. The summed E-state index contributed by atoms with van der Waals surface area (Å²) in [5.74, 6) is -0.447. The summed E-state index contributed by atoms with van der Waals surface area (Å²) in [6.07, 6.45) is 0. The number of rotatable bonds is 5. The van der Waals surface area contributed by atoms with E-state index in [1.165, 1.54) is 11.3 Å². The van der Waals surface area contributed by atoms with Gasteiger partial charge in [-0.05, 0) is 18.1 Å². The lowest BCUT2D eigenvalue weighted by Crippen LogP contribution is -2.40. The Morgan fingerprint density at radius 2 is 2.24 bits per heavy atom. The topological polar surface area (TPSA) is 55.1 Å².